The Bertz CT molecular complexity index is 499. The quantitative estimate of drug-likeness (QED) is 0.794. The Morgan fingerprint density at radius 3 is 2.94 bits per heavy atom. The molecule has 0 saturated heterocycles. The Hall–Kier alpha value is -1.13. The molecule has 0 aliphatic carbocycles. The van der Waals surface area contributed by atoms with Crippen molar-refractivity contribution in [3.8, 4) is 5.69 Å². The maximum absolute atomic E-state index is 13.0. The van der Waals surface area contributed by atoms with Gasteiger partial charge < -0.3 is 0 Å². The van der Waals surface area contributed by atoms with Crippen LogP contribution in [0.1, 0.15) is 5.69 Å². The fraction of sp³-hybridized carbons (Fsp3) is 0.200. The standard InChI is InChI=1S/C10H8Cl2FN3/c11-4-3-8-6-16(15-14-8)10-5-7(13)1-2-9(10)12/h1-2,5-6H,3-4H2. The number of rotatable bonds is 3. The van der Waals surface area contributed by atoms with E-state index in [0.717, 1.165) is 5.69 Å². The third kappa shape index (κ3) is 2.33. The van der Waals surface area contributed by atoms with Gasteiger partial charge in [-0.2, -0.15) is 0 Å². The lowest BCUT2D eigenvalue weighted by atomic mass is 10.3. The molecule has 6 heteroatoms. The van der Waals surface area contributed by atoms with Gasteiger partial charge in [0, 0.05) is 18.4 Å². The van der Waals surface area contributed by atoms with E-state index in [1.54, 1.807) is 6.20 Å². The van der Waals surface area contributed by atoms with Crippen LogP contribution in [0.3, 0.4) is 0 Å². The number of alkyl halides is 1. The van der Waals surface area contributed by atoms with Gasteiger partial charge in [-0.1, -0.05) is 16.8 Å². The first-order valence-electron chi connectivity index (χ1n) is 4.63. The van der Waals surface area contributed by atoms with Crippen LogP contribution < -0.4 is 0 Å². The molecule has 0 bridgehead atoms. The second-order valence-corrected chi connectivity index (χ2v) is 3.97. The second kappa shape index (κ2) is 4.80. The summed E-state index contributed by atoms with van der Waals surface area (Å²) in [6.45, 7) is 0. The van der Waals surface area contributed by atoms with Gasteiger partial charge in [-0.3, -0.25) is 0 Å². The van der Waals surface area contributed by atoms with Gasteiger partial charge >= 0.3 is 0 Å². The summed E-state index contributed by atoms with van der Waals surface area (Å²) in [4.78, 5) is 0. The van der Waals surface area contributed by atoms with E-state index in [0.29, 0.717) is 23.0 Å². The minimum Gasteiger partial charge on any atom is -0.219 e. The third-order valence-electron chi connectivity index (χ3n) is 2.05. The molecule has 0 unspecified atom stereocenters. The highest BCUT2D eigenvalue weighted by Crippen LogP contribution is 2.20. The number of aryl methyl sites for hydroxylation is 1. The molecule has 2 rings (SSSR count). The van der Waals surface area contributed by atoms with Crippen LogP contribution in [-0.4, -0.2) is 20.9 Å². The Balaban J connectivity index is 2.38. The SMILES string of the molecule is Fc1ccc(Cl)c(-n2cc(CCCl)nn2)c1. The lowest BCUT2D eigenvalue weighted by Gasteiger charge is -2.02. The summed E-state index contributed by atoms with van der Waals surface area (Å²) in [6, 6.07) is 4.08. The van der Waals surface area contributed by atoms with E-state index in [9.17, 15) is 4.39 Å². The Morgan fingerprint density at radius 1 is 1.38 bits per heavy atom. The van der Waals surface area contributed by atoms with Gasteiger partial charge in [0.05, 0.1) is 22.6 Å². The number of aromatic nitrogens is 3. The monoisotopic (exact) mass is 259 g/mol. The molecule has 0 aliphatic rings. The summed E-state index contributed by atoms with van der Waals surface area (Å²) < 4.78 is 14.5. The zero-order valence-corrected chi connectivity index (χ0v) is 9.71. The molecule has 16 heavy (non-hydrogen) atoms. The maximum atomic E-state index is 13.0. The van der Waals surface area contributed by atoms with Gasteiger partial charge in [0.25, 0.3) is 0 Å². The van der Waals surface area contributed by atoms with E-state index < -0.39 is 0 Å². The first-order chi connectivity index (χ1) is 7.70. The van der Waals surface area contributed by atoms with Crippen molar-refractivity contribution in [1.29, 1.82) is 0 Å². The van der Waals surface area contributed by atoms with Crippen LogP contribution >= 0.6 is 23.2 Å². The molecule has 0 saturated carbocycles. The molecule has 84 valence electrons. The molecule has 2 aromatic rings. The smallest absolute Gasteiger partial charge is 0.125 e. The average Bonchev–Trinajstić information content (AvgIpc) is 2.71. The summed E-state index contributed by atoms with van der Waals surface area (Å²) >= 11 is 11.5. The number of nitrogens with zero attached hydrogens (tertiary/aromatic N) is 3. The minimum absolute atomic E-state index is 0.367. The zero-order chi connectivity index (χ0) is 11.5. The number of halogens is 3. The molecule has 0 N–H and O–H groups in total. The van der Waals surface area contributed by atoms with Gasteiger partial charge in [-0.25, -0.2) is 9.07 Å². The van der Waals surface area contributed by atoms with Crippen LogP contribution in [0.4, 0.5) is 4.39 Å². The lowest BCUT2D eigenvalue weighted by Crippen LogP contribution is -1.96. The average molecular weight is 260 g/mol. The summed E-state index contributed by atoms with van der Waals surface area (Å²) in [5.74, 6) is 0.101. The molecule has 0 fully saturated rings. The number of benzene rings is 1. The molecular weight excluding hydrogens is 252 g/mol. The van der Waals surface area contributed by atoms with E-state index in [2.05, 4.69) is 10.3 Å². The van der Waals surface area contributed by atoms with E-state index in [4.69, 9.17) is 23.2 Å². The molecule has 0 atom stereocenters. The van der Waals surface area contributed by atoms with Gasteiger partial charge in [0.2, 0.25) is 0 Å². The molecule has 1 aromatic carbocycles. The minimum atomic E-state index is -0.367. The van der Waals surface area contributed by atoms with Crippen LogP contribution in [0.25, 0.3) is 5.69 Å². The van der Waals surface area contributed by atoms with Gasteiger partial charge in [-0.15, -0.1) is 16.7 Å². The molecule has 0 amide bonds. The van der Waals surface area contributed by atoms with E-state index in [-0.39, 0.29) is 5.82 Å². The van der Waals surface area contributed by atoms with Crippen molar-refractivity contribution in [2.45, 2.75) is 6.42 Å². The Labute approximate surface area is 102 Å². The van der Waals surface area contributed by atoms with Crippen molar-refractivity contribution in [2.24, 2.45) is 0 Å². The fourth-order valence-electron chi connectivity index (χ4n) is 1.29. The van der Waals surface area contributed by atoms with Crippen molar-refractivity contribution in [3.05, 3.63) is 40.9 Å². The van der Waals surface area contributed by atoms with Crippen LogP contribution in [0.5, 0.6) is 0 Å². The molecule has 1 heterocycles. The van der Waals surface area contributed by atoms with Crippen LogP contribution in [0, 0.1) is 5.82 Å². The third-order valence-corrected chi connectivity index (χ3v) is 2.56. The first-order valence-corrected chi connectivity index (χ1v) is 5.54. The van der Waals surface area contributed by atoms with E-state index in [1.807, 2.05) is 0 Å². The first kappa shape index (κ1) is 11.4. The number of hydrogen-bond acceptors (Lipinski definition) is 2. The topological polar surface area (TPSA) is 30.7 Å². The second-order valence-electron chi connectivity index (χ2n) is 3.19. The highest BCUT2D eigenvalue weighted by Gasteiger charge is 2.07. The summed E-state index contributed by atoms with van der Waals surface area (Å²) in [5, 5.41) is 8.18. The Morgan fingerprint density at radius 2 is 2.19 bits per heavy atom. The summed E-state index contributed by atoms with van der Waals surface area (Å²) in [5.41, 5.74) is 1.21. The van der Waals surface area contributed by atoms with Gasteiger partial charge in [0.1, 0.15) is 5.82 Å². The molecule has 0 aliphatic heterocycles. The zero-order valence-electron chi connectivity index (χ0n) is 8.20. The van der Waals surface area contributed by atoms with Crippen molar-refractivity contribution >= 4 is 23.2 Å². The fourth-order valence-corrected chi connectivity index (χ4v) is 1.69. The van der Waals surface area contributed by atoms with Crippen molar-refractivity contribution in [1.82, 2.24) is 15.0 Å². The highest BCUT2D eigenvalue weighted by atomic mass is 35.5. The van der Waals surface area contributed by atoms with Gasteiger partial charge in [-0.05, 0) is 12.1 Å². The predicted octanol–water partition coefficient (Wildman–Crippen LogP) is 2.84. The normalized spacial score (nSPS) is 10.7. The van der Waals surface area contributed by atoms with Crippen LogP contribution in [0.15, 0.2) is 24.4 Å². The predicted molar refractivity (Wildman–Crippen MR) is 60.8 cm³/mol. The van der Waals surface area contributed by atoms with Crippen molar-refractivity contribution in [3.63, 3.8) is 0 Å². The molecule has 0 radical (unpaired) electrons. The molecule has 0 spiro atoms. The summed E-state index contributed by atoms with van der Waals surface area (Å²) in [6.07, 6.45) is 2.30. The molecule has 1 aromatic heterocycles. The Kier molecular flexibility index (Phi) is 3.41. The van der Waals surface area contributed by atoms with Crippen molar-refractivity contribution in [2.75, 3.05) is 5.88 Å². The van der Waals surface area contributed by atoms with E-state index in [1.165, 1.54) is 22.9 Å². The summed E-state index contributed by atoms with van der Waals surface area (Å²) in [7, 11) is 0. The lowest BCUT2D eigenvalue weighted by molar-refractivity contribution is 0.625. The largest absolute Gasteiger partial charge is 0.219 e. The molecule has 3 nitrogen and oxygen atoms in total. The van der Waals surface area contributed by atoms with Crippen molar-refractivity contribution < 1.29 is 4.39 Å². The van der Waals surface area contributed by atoms with Gasteiger partial charge in [0.15, 0.2) is 0 Å². The highest BCUT2D eigenvalue weighted by molar-refractivity contribution is 6.32. The van der Waals surface area contributed by atoms with E-state index >= 15 is 0 Å². The number of hydrogen-bond donors (Lipinski definition) is 0. The van der Waals surface area contributed by atoms with Crippen LogP contribution in [-0.2, 0) is 6.42 Å². The maximum Gasteiger partial charge on any atom is 0.125 e. The molecular formula is C10H8Cl2FN3. The van der Waals surface area contributed by atoms with Crippen LogP contribution in [0.2, 0.25) is 5.02 Å².